The predicted molar refractivity (Wildman–Crippen MR) is 93.1 cm³/mol. The normalized spacial score (nSPS) is 31.8. The fraction of sp³-hybridized carbons (Fsp3) is 0.650. The highest BCUT2D eigenvalue weighted by Crippen LogP contribution is 2.45. The maximum Gasteiger partial charge on any atom is 0.136 e. The van der Waals surface area contributed by atoms with E-state index in [0.717, 1.165) is 25.7 Å². The molecular formula is C20H30O3. The van der Waals surface area contributed by atoms with Crippen molar-refractivity contribution < 1.29 is 14.6 Å². The number of Topliss-reactive ketones (excluding diaryl/α,β-unsaturated/α-hetero) is 1. The van der Waals surface area contributed by atoms with Crippen LogP contribution in [-0.2, 0) is 9.53 Å². The van der Waals surface area contributed by atoms with Crippen molar-refractivity contribution in [3.05, 3.63) is 36.5 Å². The highest BCUT2D eigenvalue weighted by Gasteiger charge is 2.46. The average Bonchev–Trinajstić information content (AvgIpc) is 3.16. The highest BCUT2D eigenvalue weighted by atomic mass is 16.5. The third kappa shape index (κ3) is 5.15. The van der Waals surface area contributed by atoms with Crippen LogP contribution in [0.25, 0.3) is 0 Å². The van der Waals surface area contributed by atoms with Gasteiger partial charge < -0.3 is 9.84 Å². The van der Waals surface area contributed by atoms with Crippen LogP contribution in [0.2, 0.25) is 0 Å². The molecular weight excluding hydrogens is 288 g/mol. The average molecular weight is 318 g/mol. The van der Waals surface area contributed by atoms with E-state index in [1.165, 1.54) is 0 Å². The molecule has 3 nitrogen and oxygen atoms in total. The SMILES string of the molecule is CCC=CC(O)C=C[C@H]1[C@@H](CC=CCC(=O)CC)[C@H]2CC[C@@H]1O2. The topological polar surface area (TPSA) is 46.5 Å². The summed E-state index contributed by atoms with van der Waals surface area (Å²) in [5, 5.41) is 9.93. The molecule has 2 aliphatic heterocycles. The van der Waals surface area contributed by atoms with Crippen LogP contribution in [0, 0.1) is 11.8 Å². The fourth-order valence-corrected chi connectivity index (χ4v) is 3.58. The lowest BCUT2D eigenvalue weighted by molar-refractivity contribution is -0.117. The summed E-state index contributed by atoms with van der Waals surface area (Å²) in [6, 6.07) is 0. The molecule has 0 aliphatic carbocycles. The van der Waals surface area contributed by atoms with Gasteiger partial charge in [0.15, 0.2) is 0 Å². The minimum atomic E-state index is -0.507. The van der Waals surface area contributed by atoms with Gasteiger partial charge in [-0.3, -0.25) is 4.79 Å². The van der Waals surface area contributed by atoms with E-state index in [0.29, 0.717) is 36.9 Å². The molecule has 3 heteroatoms. The maximum atomic E-state index is 11.3. The van der Waals surface area contributed by atoms with Crippen LogP contribution in [0.3, 0.4) is 0 Å². The van der Waals surface area contributed by atoms with Crippen molar-refractivity contribution in [1.29, 1.82) is 0 Å². The Balaban J connectivity index is 1.90. The van der Waals surface area contributed by atoms with Crippen molar-refractivity contribution in [3.63, 3.8) is 0 Å². The smallest absolute Gasteiger partial charge is 0.136 e. The van der Waals surface area contributed by atoms with E-state index >= 15 is 0 Å². The van der Waals surface area contributed by atoms with Gasteiger partial charge in [0.1, 0.15) is 5.78 Å². The number of allylic oxidation sites excluding steroid dienone is 3. The summed E-state index contributed by atoms with van der Waals surface area (Å²) in [7, 11) is 0. The zero-order valence-corrected chi connectivity index (χ0v) is 14.4. The van der Waals surface area contributed by atoms with Crippen LogP contribution in [0.5, 0.6) is 0 Å². The first-order valence-corrected chi connectivity index (χ1v) is 9.00. The van der Waals surface area contributed by atoms with Crippen molar-refractivity contribution in [2.24, 2.45) is 11.8 Å². The Morgan fingerprint density at radius 1 is 1.17 bits per heavy atom. The first-order valence-electron chi connectivity index (χ1n) is 9.00. The van der Waals surface area contributed by atoms with Gasteiger partial charge in [0, 0.05) is 18.8 Å². The lowest BCUT2D eigenvalue weighted by Gasteiger charge is -2.24. The van der Waals surface area contributed by atoms with Gasteiger partial charge >= 0.3 is 0 Å². The Morgan fingerprint density at radius 2 is 1.96 bits per heavy atom. The number of hydrogen-bond acceptors (Lipinski definition) is 3. The second-order valence-corrected chi connectivity index (χ2v) is 6.55. The second-order valence-electron chi connectivity index (χ2n) is 6.55. The van der Waals surface area contributed by atoms with E-state index in [1.807, 2.05) is 31.2 Å². The molecule has 1 N–H and O–H groups in total. The Kier molecular flexibility index (Phi) is 7.25. The molecule has 2 aliphatic rings. The van der Waals surface area contributed by atoms with Crippen molar-refractivity contribution in [2.75, 3.05) is 0 Å². The van der Waals surface area contributed by atoms with E-state index in [-0.39, 0.29) is 5.78 Å². The Morgan fingerprint density at radius 3 is 2.70 bits per heavy atom. The lowest BCUT2D eigenvalue weighted by Crippen LogP contribution is -2.25. The van der Waals surface area contributed by atoms with Crippen LogP contribution in [-0.4, -0.2) is 29.2 Å². The number of ketones is 1. The van der Waals surface area contributed by atoms with Crippen molar-refractivity contribution >= 4 is 5.78 Å². The monoisotopic (exact) mass is 318 g/mol. The van der Waals surface area contributed by atoms with Gasteiger partial charge in [-0.1, -0.05) is 50.3 Å². The number of ether oxygens (including phenoxy) is 1. The van der Waals surface area contributed by atoms with Crippen molar-refractivity contribution in [1.82, 2.24) is 0 Å². The van der Waals surface area contributed by atoms with Crippen molar-refractivity contribution in [2.45, 2.75) is 70.7 Å². The molecule has 2 saturated heterocycles. The molecule has 0 radical (unpaired) electrons. The summed E-state index contributed by atoms with van der Waals surface area (Å²) in [5.74, 6) is 1.14. The number of aliphatic hydroxyl groups is 1. The number of aliphatic hydroxyl groups excluding tert-OH is 1. The lowest BCUT2D eigenvalue weighted by atomic mass is 9.77. The number of rotatable bonds is 9. The van der Waals surface area contributed by atoms with E-state index in [4.69, 9.17) is 4.74 Å². The number of fused-ring (bicyclic) bond motifs is 2. The molecule has 0 aromatic rings. The first kappa shape index (κ1) is 18.2. The summed E-state index contributed by atoms with van der Waals surface area (Å²) < 4.78 is 6.06. The molecule has 0 spiro atoms. The third-order valence-electron chi connectivity index (χ3n) is 4.90. The van der Waals surface area contributed by atoms with E-state index in [1.54, 1.807) is 0 Å². The summed E-state index contributed by atoms with van der Waals surface area (Å²) >= 11 is 0. The van der Waals surface area contributed by atoms with E-state index < -0.39 is 6.10 Å². The molecule has 1 unspecified atom stereocenters. The van der Waals surface area contributed by atoms with Gasteiger partial charge in [0.2, 0.25) is 0 Å². The van der Waals surface area contributed by atoms with Gasteiger partial charge in [0.25, 0.3) is 0 Å². The summed E-state index contributed by atoms with van der Waals surface area (Å²) in [6.07, 6.45) is 17.4. The zero-order chi connectivity index (χ0) is 16.7. The molecule has 0 aromatic heterocycles. The molecule has 0 aromatic carbocycles. The highest BCUT2D eigenvalue weighted by molar-refractivity contribution is 5.79. The van der Waals surface area contributed by atoms with Gasteiger partial charge in [-0.2, -0.15) is 0 Å². The zero-order valence-electron chi connectivity index (χ0n) is 14.4. The minimum Gasteiger partial charge on any atom is -0.385 e. The number of carbonyl (C=O) groups is 1. The Bertz CT molecular complexity index is 464. The molecule has 0 amide bonds. The van der Waals surface area contributed by atoms with Crippen LogP contribution in [0.1, 0.15) is 52.4 Å². The maximum absolute atomic E-state index is 11.3. The fourth-order valence-electron chi connectivity index (χ4n) is 3.58. The molecule has 2 heterocycles. The van der Waals surface area contributed by atoms with E-state index in [2.05, 4.69) is 19.1 Å². The molecule has 2 bridgehead atoms. The van der Waals surface area contributed by atoms with Gasteiger partial charge in [-0.15, -0.1) is 0 Å². The van der Waals surface area contributed by atoms with Gasteiger partial charge in [0.05, 0.1) is 18.3 Å². The second kappa shape index (κ2) is 9.19. The number of hydrogen-bond donors (Lipinski definition) is 1. The summed E-state index contributed by atoms with van der Waals surface area (Å²) in [4.78, 5) is 11.3. The summed E-state index contributed by atoms with van der Waals surface area (Å²) in [6.45, 7) is 3.96. The van der Waals surface area contributed by atoms with Crippen LogP contribution in [0.15, 0.2) is 36.5 Å². The third-order valence-corrected chi connectivity index (χ3v) is 4.90. The predicted octanol–water partition coefficient (Wildman–Crippen LogP) is 3.98. The van der Waals surface area contributed by atoms with Gasteiger partial charge in [-0.05, 0) is 31.6 Å². The van der Waals surface area contributed by atoms with Gasteiger partial charge in [-0.25, -0.2) is 0 Å². The van der Waals surface area contributed by atoms with Crippen molar-refractivity contribution in [3.8, 4) is 0 Å². The Labute approximate surface area is 140 Å². The van der Waals surface area contributed by atoms with Crippen LogP contribution >= 0.6 is 0 Å². The molecule has 2 fully saturated rings. The summed E-state index contributed by atoms with van der Waals surface area (Å²) in [5.41, 5.74) is 0. The first-order chi connectivity index (χ1) is 11.2. The molecule has 2 rings (SSSR count). The standard InChI is InChI=1S/C20H30O3/c1-3-5-8-16(22)11-12-18-17(19-13-14-20(18)23-19)10-7-6-9-15(21)4-2/h5-8,11-12,16-20,22H,3-4,9-10,13-14H2,1-2H3/t16?,17-,18+,19-,20+/m1/s1. The largest absolute Gasteiger partial charge is 0.385 e. The molecule has 128 valence electrons. The molecule has 5 atom stereocenters. The Hall–Kier alpha value is -1.19. The number of carbonyl (C=O) groups excluding carboxylic acids is 1. The quantitative estimate of drug-likeness (QED) is 0.654. The molecule has 0 saturated carbocycles. The van der Waals surface area contributed by atoms with Crippen LogP contribution < -0.4 is 0 Å². The van der Waals surface area contributed by atoms with Crippen LogP contribution in [0.4, 0.5) is 0 Å². The molecule has 23 heavy (non-hydrogen) atoms. The minimum absolute atomic E-state index is 0.285. The van der Waals surface area contributed by atoms with E-state index in [9.17, 15) is 9.90 Å².